The number of amides is 1. The zero-order valence-corrected chi connectivity index (χ0v) is 13.6. The first-order valence-corrected chi connectivity index (χ1v) is 7.45. The van der Waals surface area contributed by atoms with Crippen molar-refractivity contribution in [2.75, 3.05) is 18.5 Å². The third kappa shape index (κ3) is 5.30. The lowest BCUT2D eigenvalue weighted by Crippen LogP contribution is -2.17. The van der Waals surface area contributed by atoms with Crippen LogP contribution in [-0.2, 0) is 4.74 Å². The van der Waals surface area contributed by atoms with Gasteiger partial charge >= 0.3 is 6.09 Å². The Morgan fingerprint density at radius 3 is 2.32 bits per heavy atom. The summed E-state index contributed by atoms with van der Waals surface area (Å²) in [5.74, 6) is 0.479. The van der Waals surface area contributed by atoms with Gasteiger partial charge in [0, 0.05) is 15.7 Å². The van der Waals surface area contributed by atoms with Crippen molar-refractivity contribution in [3.05, 3.63) is 57.5 Å². The van der Waals surface area contributed by atoms with Crippen molar-refractivity contribution in [1.82, 2.24) is 0 Å². The van der Waals surface area contributed by atoms with E-state index in [1.54, 1.807) is 42.5 Å². The number of ether oxygens (including phenoxy) is 2. The molecule has 1 N–H and O–H groups in total. The number of carbonyl (C=O) groups is 1. The van der Waals surface area contributed by atoms with E-state index in [1.165, 1.54) is 0 Å². The molecule has 0 aliphatic rings. The van der Waals surface area contributed by atoms with Crippen LogP contribution in [0.1, 0.15) is 0 Å². The summed E-state index contributed by atoms with van der Waals surface area (Å²) in [5.41, 5.74) is 0.594. The average Bonchev–Trinajstić information content (AvgIpc) is 2.48. The van der Waals surface area contributed by atoms with Crippen molar-refractivity contribution >= 4 is 46.6 Å². The average molecular weight is 361 g/mol. The van der Waals surface area contributed by atoms with E-state index in [1.807, 2.05) is 0 Å². The van der Waals surface area contributed by atoms with Gasteiger partial charge in [-0.05, 0) is 42.5 Å². The molecule has 4 nitrogen and oxygen atoms in total. The quantitative estimate of drug-likeness (QED) is 0.738. The van der Waals surface area contributed by atoms with Crippen LogP contribution in [0.4, 0.5) is 10.5 Å². The van der Waals surface area contributed by atoms with E-state index in [0.29, 0.717) is 26.5 Å². The highest BCUT2D eigenvalue weighted by atomic mass is 35.5. The SMILES string of the molecule is O=C(Nc1ccc(Cl)cc1)OCCOc1ccc(Cl)cc1Cl. The van der Waals surface area contributed by atoms with Crippen LogP contribution in [0.3, 0.4) is 0 Å². The zero-order chi connectivity index (χ0) is 15.9. The van der Waals surface area contributed by atoms with Crippen LogP contribution in [0.2, 0.25) is 15.1 Å². The smallest absolute Gasteiger partial charge is 0.411 e. The van der Waals surface area contributed by atoms with Crippen molar-refractivity contribution in [3.8, 4) is 5.75 Å². The Hall–Kier alpha value is -1.62. The van der Waals surface area contributed by atoms with Gasteiger partial charge in [-0.3, -0.25) is 5.32 Å². The molecule has 0 saturated carbocycles. The van der Waals surface area contributed by atoms with Crippen LogP contribution >= 0.6 is 34.8 Å². The second-order valence-electron chi connectivity index (χ2n) is 4.19. The normalized spacial score (nSPS) is 10.1. The van der Waals surface area contributed by atoms with Gasteiger partial charge in [-0.2, -0.15) is 0 Å². The highest BCUT2D eigenvalue weighted by molar-refractivity contribution is 6.35. The number of carbonyl (C=O) groups excluding carboxylic acids is 1. The van der Waals surface area contributed by atoms with Crippen molar-refractivity contribution in [2.45, 2.75) is 0 Å². The fraction of sp³-hybridized carbons (Fsp3) is 0.133. The Morgan fingerprint density at radius 2 is 1.64 bits per heavy atom. The lowest BCUT2D eigenvalue weighted by molar-refractivity contribution is 0.138. The number of hydrogen-bond acceptors (Lipinski definition) is 3. The summed E-state index contributed by atoms with van der Waals surface area (Å²) in [6.45, 7) is 0.258. The van der Waals surface area contributed by atoms with Crippen LogP contribution in [0.5, 0.6) is 5.75 Å². The van der Waals surface area contributed by atoms with Gasteiger partial charge in [0.1, 0.15) is 19.0 Å². The van der Waals surface area contributed by atoms with Crippen LogP contribution in [0.15, 0.2) is 42.5 Å². The topological polar surface area (TPSA) is 47.6 Å². The van der Waals surface area contributed by atoms with E-state index in [9.17, 15) is 4.79 Å². The Labute approximate surface area is 142 Å². The molecule has 0 radical (unpaired) electrons. The lowest BCUT2D eigenvalue weighted by Gasteiger charge is -2.09. The molecule has 0 aliphatic carbocycles. The minimum atomic E-state index is -0.576. The Morgan fingerprint density at radius 1 is 0.955 bits per heavy atom. The molecule has 0 spiro atoms. The van der Waals surface area contributed by atoms with E-state index < -0.39 is 6.09 Å². The lowest BCUT2D eigenvalue weighted by atomic mass is 10.3. The summed E-state index contributed by atoms with van der Waals surface area (Å²) in [6.07, 6.45) is -0.576. The number of halogens is 3. The molecule has 7 heteroatoms. The molecule has 0 unspecified atom stereocenters. The highest BCUT2D eigenvalue weighted by Crippen LogP contribution is 2.27. The largest absolute Gasteiger partial charge is 0.488 e. The molecule has 0 bridgehead atoms. The number of hydrogen-bond donors (Lipinski definition) is 1. The fourth-order valence-electron chi connectivity index (χ4n) is 1.57. The molecule has 0 fully saturated rings. The molecule has 0 aromatic heterocycles. The number of rotatable bonds is 5. The second kappa shape index (κ2) is 8.13. The monoisotopic (exact) mass is 359 g/mol. The summed E-state index contributed by atoms with van der Waals surface area (Å²) >= 11 is 17.5. The van der Waals surface area contributed by atoms with Gasteiger partial charge in [-0.15, -0.1) is 0 Å². The predicted octanol–water partition coefficient (Wildman–Crippen LogP) is 5.27. The van der Waals surface area contributed by atoms with E-state index in [2.05, 4.69) is 5.32 Å². The van der Waals surface area contributed by atoms with Crippen LogP contribution in [-0.4, -0.2) is 19.3 Å². The zero-order valence-electron chi connectivity index (χ0n) is 11.3. The molecule has 1 amide bonds. The van der Waals surface area contributed by atoms with E-state index in [4.69, 9.17) is 44.3 Å². The third-order valence-electron chi connectivity index (χ3n) is 2.56. The van der Waals surface area contributed by atoms with Gasteiger partial charge in [0.05, 0.1) is 5.02 Å². The molecule has 0 aliphatic heterocycles. The molecule has 0 atom stereocenters. The molecule has 2 rings (SSSR count). The van der Waals surface area contributed by atoms with Crippen molar-refractivity contribution in [2.24, 2.45) is 0 Å². The molecule has 116 valence electrons. The number of benzene rings is 2. The minimum Gasteiger partial charge on any atom is -0.488 e. The van der Waals surface area contributed by atoms with Gasteiger partial charge in [-0.25, -0.2) is 4.79 Å². The first-order chi connectivity index (χ1) is 10.5. The standard InChI is InChI=1S/C15H12Cl3NO3/c16-10-1-4-12(5-2-10)19-15(20)22-8-7-21-14-6-3-11(17)9-13(14)18/h1-6,9H,7-8H2,(H,19,20). The highest BCUT2D eigenvalue weighted by Gasteiger charge is 2.05. The van der Waals surface area contributed by atoms with E-state index in [0.717, 1.165) is 0 Å². The summed E-state index contributed by atoms with van der Waals surface area (Å²) in [6, 6.07) is 11.6. The van der Waals surface area contributed by atoms with Crippen LogP contribution in [0.25, 0.3) is 0 Å². The van der Waals surface area contributed by atoms with E-state index in [-0.39, 0.29) is 13.2 Å². The predicted molar refractivity (Wildman–Crippen MR) is 88.4 cm³/mol. The molecule has 0 saturated heterocycles. The van der Waals surface area contributed by atoms with Gasteiger partial charge < -0.3 is 9.47 Å². The summed E-state index contributed by atoms with van der Waals surface area (Å²) < 4.78 is 10.4. The summed E-state index contributed by atoms with van der Waals surface area (Å²) in [7, 11) is 0. The molecule has 2 aromatic carbocycles. The summed E-state index contributed by atoms with van der Waals surface area (Å²) in [4.78, 5) is 11.6. The van der Waals surface area contributed by atoms with Crippen molar-refractivity contribution in [1.29, 1.82) is 0 Å². The Kier molecular flexibility index (Phi) is 6.19. The van der Waals surface area contributed by atoms with Gasteiger partial charge in [0.15, 0.2) is 0 Å². The fourth-order valence-corrected chi connectivity index (χ4v) is 2.15. The van der Waals surface area contributed by atoms with Crippen molar-refractivity contribution in [3.63, 3.8) is 0 Å². The molecule has 22 heavy (non-hydrogen) atoms. The maximum absolute atomic E-state index is 11.6. The molecule has 2 aromatic rings. The van der Waals surface area contributed by atoms with Gasteiger partial charge in [0.2, 0.25) is 0 Å². The Balaban J connectivity index is 1.72. The molecule has 0 heterocycles. The third-order valence-corrected chi connectivity index (χ3v) is 3.34. The second-order valence-corrected chi connectivity index (χ2v) is 5.47. The maximum Gasteiger partial charge on any atom is 0.411 e. The van der Waals surface area contributed by atoms with Gasteiger partial charge in [-0.1, -0.05) is 34.8 Å². The van der Waals surface area contributed by atoms with E-state index >= 15 is 0 Å². The molecular formula is C15H12Cl3NO3. The summed E-state index contributed by atoms with van der Waals surface area (Å²) in [5, 5.41) is 4.08. The van der Waals surface area contributed by atoms with Gasteiger partial charge in [0.25, 0.3) is 0 Å². The van der Waals surface area contributed by atoms with Crippen LogP contribution < -0.4 is 10.1 Å². The number of nitrogens with one attached hydrogen (secondary N) is 1. The molecular weight excluding hydrogens is 349 g/mol. The Bertz CT molecular complexity index is 647. The van der Waals surface area contributed by atoms with Crippen molar-refractivity contribution < 1.29 is 14.3 Å². The number of anilines is 1. The minimum absolute atomic E-state index is 0.0817. The first kappa shape index (κ1) is 16.7. The maximum atomic E-state index is 11.6. The van der Waals surface area contributed by atoms with Crippen LogP contribution in [0, 0.1) is 0 Å². The first-order valence-electron chi connectivity index (χ1n) is 6.32.